The van der Waals surface area contributed by atoms with E-state index in [2.05, 4.69) is 35.0 Å². The average Bonchev–Trinajstić information content (AvgIpc) is 2.45. The Labute approximate surface area is 131 Å². The molecule has 0 atom stereocenters. The molecule has 1 aromatic carbocycles. The van der Waals surface area contributed by atoms with Crippen molar-refractivity contribution in [1.29, 1.82) is 0 Å². The molecule has 110 valence electrons. The molecule has 0 unspecified atom stereocenters. The Kier molecular flexibility index (Phi) is 6.28. The lowest BCUT2D eigenvalue weighted by atomic mass is 9.77. The molecule has 1 aliphatic rings. The van der Waals surface area contributed by atoms with Crippen LogP contribution >= 0.6 is 15.9 Å². The molecule has 1 fully saturated rings. The van der Waals surface area contributed by atoms with Gasteiger partial charge in [-0.15, -0.1) is 0 Å². The first-order chi connectivity index (χ1) is 9.69. The lowest BCUT2D eigenvalue weighted by molar-refractivity contribution is -0.123. The minimum Gasteiger partial charge on any atom is -0.299 e. The summed E-state index contributed by atoms with van der Waals surface area (Å²) in [5.74, 6) is 1.63. The lowest BCUT2D eigenvalue weighted by Crippen LogP contribution is -2.23. The molecule has 0 spiro atoms. The summed E-state index contributed by atoms with van der Waals surface area (Å²) in [6.45, 7) is 2.26. The fourth-order valence-corrected chi connectivity index (χ4v) is 3.70. The smallest absolute Gasteiger partial charge is 0.140 e. The minimum absolute atomic E-state index is 0.312. The van der Waals surface area contributed by atoms with Crippen LogP contribution in [0.2, 0.25) is 0 Å². The normalized spacial score (nSPS) is 22.7. The van der Waals surface area contributed by atoms with Crippen molar-refractivity contribution in [2.24, 2.45) is 11.8 Å². The van der Waals surface area contributed by atoms with Gasteiger partial charge in [0.05, 0.1) is 0 Å². The molecule has 1 nitrogen and oxygen atoms in total. The van der Waals surface area contributed by atoms with E-state index in [4.69, 9.17) is 0 Å². The predicted molar refractivity (Wildman–Crippen MR) is 87.8 cm³/mol. The number of hydrogen-bond acceptors (Lipinski definition) is 1. The van der Waals surface area contributed by atoms with E-state index in [-0.39, 0.29) is 0 Å². The first kappa shape index (κ1) is 15.8. The zero-order chi connectivity index (χ0) is 14.4. The van der Waals surface area contributed by atoms with Gasteiger partial charge in [-0.25, -0.2) is 0 Å². The zero-order valence-electron chi connectivity index (χ0n) is 12.4. The van der Waals surface area contributed by atoms with E-state index in [1.54, 1.807) is 0 Å². The van der Waals surface area contributed by atoms with E-state index in [1.807, 2.05) is 12.1 Å². The highest BCUT2D eigenvalue weighted by Crippen LogP contribution is 2.33. The van der Waals surface area contributed by atoms with E-state index in [0.29, 0.717) is 18.1 Å². The molecule has 2 rings (SSSR count). The summed E-state index contributed by atoms with van der Waals surface area (Å²) in [6.07, 6.45) is 9.35. The first-order valence-corrected chi connectivity index (χ1v) is 8.75. The third-order valence-corrected chi connectivity index (χ3v) is 5.03. The number of carbonyl (C=O) groups is 1. The van der Waals surface area contributed by atoms with Gasteiger partial charge >= 0.3 is 0 Å². The summed E-state index contributed by atoms with van der Waals surface area (Å²) in [5.41, 5.74) is 1.14. The Balaban J connectivity index is 1.80. The Morgan fingerprint density at radius 3 is 2.65 bits per heavy atom. The third-order valence-electron chi connectivity index (χ3n) is 4.54. The summed E-state index contributed by atoms with van der Waals surface area (Å²) >= 11 is 3.47. The summed E-state index contributed by atoms with van der Waals surface area (Å²) in [5, 5.41) is 0. The molecule has 1 aromatic rings. The van der Waals surface area contributed by atoms with E-state index in [1.165, 1.54) is 32.1 Å². The van der Waals surface area contributed by atoms with Gasteiger partial charge in [-0.1, -0.05) is 54.2 Å². The number of carbonyl (C=O) groups excluding carboxylic acids is 1. The molecule has 0 aliphatic heterocycles. The monoisotopic (exact) mass is 336 g/mol. The minimum atomic E-state index is 0.312. The summed E-state index contributed by atoms with van der Waals surface area (Å²) in [6, 6.07) is 8.13. The fraction of sp³-hybridized carbons (Fsp3) is 0.611. The number of benzene rings is 1. The van der Waals surface area contributed by atoms with Crippen LogP contribution in [0.1, 0.15) is 57.4 Å². The second-order valence-corrected chi connectivity index (χ2v) is 7.05. The number of halogens is 1. The van der Waals surface area contributed by atoms with Crippen LogP contribution in [0.3, 0.4) is 0 Å². The van der Waals surface area contributed by atoms with Gasteiger partial charge < -0.3 is 0 Å². The van der Waals surface area contributed by atoms with E-state index < -0.39 is 0 Å². The van der Waals surface area contributed by atoms with Crippen molar-refractivity contribution in [3.05, 3.63) is 34.3 Å². The van der Waals surface area contributed by atoms with Crippen LogP contribution in [0, 0.1) is 11.8 Å². The Bertz CT molecular complexity index is 433. The number of rotatable bonds is 6. The average molecular weight is 337 g/mol. The van der Waals surface area contributed by atoms with Crippen LogP contribution in [0.25, 0.3) is 0 Å². The van der Waals surface area contributed by atoms with Gasteiger partial charge in [0.15, 0.2) is 0 Å². The maximum Gasteiger partial charge on any atom is 0.140 e. The van der Waals surface area contributed by atoms with Gasteiger partial charge in [0, 0.05) is 16.8 Å². The van der Waals surface area contributed by atoms with Gasteiger partial charge in [0.25, 0.3) is 0 Å². The van der Waals surface area contributed by atoms with E-state index >= 15 is 0 Å². The summed E-state index contributed by atoms with van der Waals surface area (Å²) < 4.78 is 1.06. The number of ketones is 1. The van der Waals surface area contributed by atoms with Gasteiger partial charge in [0.1, 0.15) is 5.78 Å². The van der Waals surface area contributed by atoms with Crippen molar-refractivity contribution >= 4 is 21.7 Å². The van der Waals surface area contributed by atoms with Crippen LogP contribution in [0.5, 0.6) is 0 Å². The molecule has 1 aliphatic carbocycles. The highest BCUT2D eigenvalue weighted by Gasteiger charge is 2.25. The maximum absolute atomic E-state index is 12.4. The Morgan fingerprint density at radius 2 is 2.00 bits per heavy atom. The Hall–Kier alpha value is -0.630. The topological polar surface area (TPSA) is 17.1 Å². The number of Topliss-reactive ketones (excluding diaryl/α,β-unsaturated/α-hetero) is 1. The first-order valence-electron chi connectivity index (χ1n) is 7.96. The number of unbranched alkanes of at least 4 members (excludes halogenated alkanes) is 1. The van der Waals surface area contributed by atoms with E-state index in [9.17, 15) is 4.79 Å². The van der Waals surface area contributed by atoms with Crippen molar-refractivity contribution in [3.63, 3.8) is 0 Å². The van der Waals surface area contributed by atoms with Crippen molar-refractivity contribution in [2.45, 2.75) is 58.3 Å². The van der Waals surface area contributed by atoms with Crippen molar-refractivity contribution in [3.8, 4) is 0 Å². The molecule has 0 amide bonds. The van der Waals surface area contributed by atoms with E-state index in [0.717, 1.165) is 28.8 Å². The van der Waals surface area contributed by atoms with Gasteiger partial charge in [-0.05, 0) is 49.3 Å². The molecule has 0 aromatic heterocycles. The summed E-state index contributed by atoms with van der Waals surface area (Å²) in [7, 11) is 0. The molecular formula is C18H25BrO. The third kappa shape index (κ3) is 4.73. The van der Waals surface area contributed by atoms with Crippen molar-refractivity contribution in [1.82, 2.24) is 0 Å². The van der Waals surface area contributed by atoms with Gasteiger partial charge in [-0.2, -0.15) is 0 Å². The molecule has 1 saturated carbocycles. The van der Waals surface area contributed by atoms with Gasteiger partial charge in [-0.3, -0.25) is 4.79 Å². The lowest BCUT2D eigenvalue weighted by Gasteiger charge is -2.27. The Morgan fingerprint density at radius 1 is 1.25 bits per heavy atom. The van der Waals surface area contributed by atoms with Crippen molar-refractivity contribution < 1.29 is 4.79 Å². The molecule has 0 N–H and O–H groups in total. The second-order valence-electron chi connectivity index (χ2n) is 6.13. The van der Waals surface area contributed by atoms with Crippen LogP contribution in [-0.2, 0) is 11.2 Å². The highest BCUT2D eigenvalue weighted by atomic mass is 79.9. The molecule has 20 heavy (non-hydrogen) atoms. The fourth-order valence-electron chi connectivity index (χ4n) is 3.26. The SMILES string of the molecule is CCCCC1CCC(C(=O)Cc2cccc(Br)c2)CC1. The highest BCUT2D eigenvalue weighted by molar-refractivity contribution is 9.10. The van der Waals surface area contributed by atoms with Crippen LogP contribution in [0.15, 0.2) is 28.7 Å². The molecular weight excluding hydrogens is 312 g/mol. The quantitative estimate of drug-likeness (QED) is 0.664. The molecule has 0 saturated heterocycles. The van der Waals surface area contributed by atoms with Crippen LogP contribution in [-0.4, -0.2) is 5.78 Å². The molecule has 0 radical (unpaired) electrons. The second kappa shape index (κ2) is 7.97. The largest absolute Gasteiger partial charge is 0.299 e. The summed E-state index contributed by atoms with van der Waals surface area (Å²) in [4.78, 5) is 12.4. The number of hydrogen-bond donors (Lipinski definition) is 0. The maximum atomic E-state index is 12.4. The predicted octanol–water partition coefficient (Wildman–Crippen LogP) is 5.56. The van der Waals surface area contributed by atoms with Crippen LogP contribution < -0.4 is 0 Å². The molecule has 0 bridgehead atoms. The van der Waals surface area contributed by atoms with Gasteiger partial charge in [0.2, 0.25) is 0 Å². The van der Waals surface area contributed by atoms with Crippen LogP contribution in [0.4, 0.5) is 0 Å². The standard InChI is InChI=1S/C18H25BrO/c1-2-3-5-14-8-10-16(11-9-14)18(20)13-15-6-4-7-17(19)12-15/h4,6-7,12,14,16H,2-3,5,8-11,13H2,1H3. The van der Waals surface area contributed by atoms with Crippen molar-refractivity contribution in [2.75, 3.05) is 0 Å². The molecule has 0 heterocycles. The zero-order valence-corrected chi connectivity index (χ0v) is 14.0. The molecule has 2 heteroatoms.